The molecule has 4 nitrogen and oxygen atoms in total. The van der Waals surface area contributed by atoms with E-state index in [-0.39, 0.29) is 17.7 Å². The predicted octanol–water partition coefficient (Wildman–Crippen LogP) is 4.05. The van der Waals surface area contributed by atoms with Crippen molar-refractivity contribution in [1.29, 1.82) is 0 Å². The summed E-state index contributed by atoms with van der Waals surface area (Å²) in [6.45, 7) is 1.93. The smallest absolute Gasteiger partial charge is 0.348 e. The molecular formula is C10H6Br4O4. The Labute approximate surface area is 137 Å². The molecule has 2 rings (SSSR count). The van der Waals surface area contributed by atoms with Crippen LogP contribution in [0.1, 0.15) is 27.6 Å². The van der Waals surface area contributed by atoms with E-state index in [0.29, 0.717) is 17.9 Å². The summed E-state index contributed by atoms with van der Waals surface area (Å²) in [5.41, 5.74) is 0.476. The third-order valence-corrected chi connectivity index (χ3v) is 6.63. The number of carbonyl (C=O) groups excluding carboxylic acids is 2. The zero-order chi connectivity index (χ0) is 14.0. The number of halogens is 4. The second-order valence-electron chi connectivity index (χ2n) is 3.00. The summed E-state index contributed by atoms with van der Waals surface area (Å²) in [6.07, 6.45) is 0. The Morgan fingerprint density at radius 2 is 1.17 bits per heavy atom. The summed E-state index contributed by atoms with van der Waals surface area (Å²) < 4.78 is 6.84. The number of ether oxygens (including phenoxy) is 1. The van der Waals surface area contributed by atoms with E-state index < -0.39 is 11.9 Å². The van der Waals surface area contributed by atoms with E-state index >= 15 is 0 Å². The Morgan fingerprint density at radius 3 is 1.44 bits per heavy atom. The normalized spacial score (nSPS) is 12.8. The molecule has 98 valence electrons. The maximum atomic E-state index is 11.4. The minimum atomic E-state index is -0.643. The fourth-order valence-corrected chi connectivity index (χ4v) is 3.64. The molecule has 0 saturated carbocycles. The molecule has 18 heavy (non-hydrogen) atoms. The van der Waals surface area contributed by atoms with Gasteiger partial charge in [-0.05, 0) is 70.6 Å². The van der Waals surface area contributed by atoms with Crippen molar-refractivity contribution < 1.29 is 19.4 Å². The quantitative estimate of drug-likeness (QED) is 0.248. The molecule has 0 bridgehead atoms. The molecular weight excluding hydrogens is 504 g/mol. The fraction of sp³-hybridized carbons (Fsp3) is 0.200. The van der Waals surface area contributed by atoms with Crippen LogP contribution in [0.15, 0.2) is 17.9 Å². The molecule has 0 spiro atoms. The van der Waals surface area contributed by atoms with Gasteiger partial charge in [0.2, 0.25) is 0 Å². The first-order chi connectivity index (χ1) is 8.36. The summed E-state index contributed by atoms with van der Waals surface area (Å²) in [6, 6.07) is 0. The monoisotopic (exact) mass is 506 g/mol. The molecule has 8 heteroatoms. The van der Waals surface area contributed by atoms with Gasteiger partial charge in [0.15, 0.2) is 0 Å². The van der Waals surface area contributed by atoms with Gasteiger partial charge in [0, 0.05) is 24.5 Å². The molecule has 0 fully saturated rings. The molecule has 0 aliphatic carbocycles. The SMILES string of the molecule is CCO.O=C1OC(=O)c2c(Br)c(Br)c(Br)c(Br)c21. The zero-order valence-electron chi connectivity index (χ0n) is 8.89. The standard InChI is InChI=1S/C8Br4O3.C2H6O/c9-3-1-2(8(14)15-7(1)13)4(10)6(12)5(3)11;1-2-3/h;3H,2H2,1H3. The Morgan fingerprint density at radius 1 is 0.889 bits per heavy atom. The highest BCUT2D eigenvalue weighted by Gasteiger charge is 2.36. The highest BCUT2D eigenvalue weighted by molar-refractivity contribution is 9.15. The summed E-state index contributed by atoms with van der Waals surface area (Å²) in [4.78, 5) is 22.8. The van der Waals surface area contributed by atoms with E-state index in [1.165, 1.54) is 0 Å². The van der Waals surface area contributed by atoms with Gasteiger partial charge in [-0.25, -0.2) is 9.59 Å². The van der Waals surface area contributed by atoms with Crippen LogP contribution in [0.25, 0.3) is 0 Å². The van der Waals surface area contributed by atoms with E-state index in [0.717, 1.165) is 0 Å². The molecule has 1 N–H and O–H groups in total. The second-order valence-corrected chi connectivity index (χ2v) is 6.17. The average Bonchev–Trinajstić information content (AvgIpc) is 2.60. The lowest BCUT2D eigenvalue weighted by Gasteiger charge is -2.06. The molecule has 1 aliphatic rings. The van der Waals surface area contributed by atoms with E-state index in [2.05, 4.69) is 68.5 Å². The number of hydrogen-bond donors (Lipinski definition) is 1. The van der Waals surface area contributed by atoms with Crippen molar-refractivity contribution in [2.24, 2.45) is 0 Å². The summed E-state index contributed by atoms with van der Waals surface area (Å²) in [5, 5.41) is 7.57. The van der Waals surface area contributed by atoms with Gasteiger partial charge in [0.1, 0.15) is 0 Å². The molecule has 0 atom stereocenters. The Balaban J connectivity index is 0.000000492. The first-order valence-electron chi connectivity index (χ1n) is 4.60. The summed E-state index contributed by atoms with van der Waals surface area (Å²) in [7, 11) is 0. The number of fused-ring (bicyclic) bond motifs is 1. The van der Waals surface area contributed by atoms with Crippen LogP contribution in [0.5, 0.6) is 0 Å². The van der Waals surface area contributed by atoms with Gasteiger partial charge < -0.3 is 9.84 Å². The highest BCUT2D eigenvalue weighted by Crippen LogP contribution is 2.44. The Kier molecular flexibility index (Phi) is 5.98. The molecule has 1 aromatic rings. The van der Waals surface area contributed by atoms with Crippen molar-refractivity contribution in [2.45, 2.75) is 6.92 Å². The van der Waals surface area contributed by atoms with Crippen molar-refractivity contribution >= 4 is 75.7 Å². The molecule has 1 aliphatic heterocycles. The average molecular weight is 510 g/mol. The maximum absolute atomic E-state index is 11.4. The lowest BCUT2D eigenvalue weighted by molar-refractivity contribution is 0.0443. The molecule has 0 saturated heterocycles. The summed E-state index contributed by atoms with van der Waals surface area (Å²) >= 11 is 13.0. The lowest BCUT2D eigenvalue weighted by atomic mass is 10.1. The van der Waals surface area contributed by atoms with Gasteiger partial charge in [0.05, 0.1) is 11.1 Å². The molecule has 0 aromatic heterocycles. The van der Waals surface area contributed by atoms with Gasteiger partial charge in [-0.3, -0.25) is 0 Å². The third kappa shape index (κ3) is 2.87. The minimum absolute atomic E-state index is 0.238. The van der Waals surface area contributed by atoms with Crippen LogP contribution in [0.4, 0.5) is 0 Å². The topological polar surface area (TPSA) is 63.6 Å². The number of aliphatic hydroxyl groups is 1. The number of carbonyl (C=O) groups is 2. The van der Waals surface area contributed by atoms with E-state index in [9.17, 15) is 9.59 Å². The number of hydrogen-bond acceptors (Lipinski definition) is 4. The van der Waals surface area contributed by atoms with Crippen molar-refractivity contribution in [3.05, 3.63) is 29.0 Å². The molecule has 1 heterocycles. The van der Waals surface area contributed by atoms with E-state index in [1.807, 2.05) is 0 Å². The predicted molar refractivity (Wildman–Crippen MR) is 79.7 cm³/mol. The van der Waals surface area contributed by atoms with Crippen LogP contribution in [0.2, 0.25) is 0 Å². The van der Waals surface area contributed by atoms with Gasteiger partial charge in [0.25, 0.3) is 0 Å². The summed E-state index contributed by atoms with van der Waals surface area (Å²) in [5.74, 6) is -1.29. The number of esters is 2. The van der Waals surface area contributed by atoms with E-state index in [4.69, 9.17) is 5.11 Å². The molecule has 0 unspecified atom stereocenters. The molecule has 1 aromatic carbocycles. The molecule has 0 amide bonds. The molecule has 0 radical (unpaired) electrons. The minimum Gasteiger partial charge on any atom is -0.397 e. The van der Waals surface area contributed by atoms with Crippen LogP contribution in [0, 0.1) is 0 Å². The Hall–Kier alpha value is 0.240. The first kappa shape index (κ1) is 16.3. The largest absolute Gasteiger partial charge is 0.397 e. The fourth-order valence-electron chi connectivity index (χ4n) is 1.20. The maximum Gasteiger partial charge on any atom is 0.348 e. The van der Waals surface area contributed by atoms with Crippen molar-refractivity contribution in [3.8, 4) is 0 Å². The van der Waals surface area contributed by atoms with E-state index in [1.54, 1.807) is 6.92 Å². The number of cyclic esters (lactones) is 2. The van der Waals surface area contributed by atoms with Crippen molar-refractivity contribution in [1.82, 2.24) is 0 Å². The first-order valence-corrected chi connectivity index (χ1v) is 7.77. The third-order valence-electron chi connectivity index (χ3n) is 1.86. The van der Waals surface area contributed by atoms with Crippen molar-refractivity contribution in [2.75, 3.05) is 6.61 Å². The zero-order valence-corrected chi connectivity index (χ0v) is 15.2. The Bertz CT molecular complexity index is 482. The highest BCUT2D eigenvalue weighted by atomic mass is 79.9. The second kappa shape index (κ2) is 6.60. The van der Waals surface area contributed by atoms with Crippen molar-refractivity contribution in [3.63, 3.8) is 0 Å². The van der Waals surface area contributed by atoms with Crippen LogP contribution >= 0.6 is 63.7 Å². The lowest BCUT2D eigenvalue weighted by Crippen LogP contribution is -1.97. The van der Waals surface area contributed by atoms with Gasteiger partial charge >= 0.3 is 11.9 Å². The number of rotatable bonds is 0. The van der Waals surface area contributed by atoms with Gasteiger partial charge in [-0.1, -0.05) is 0 Å². The van der Waals surface area contributed by atoms with Gasteiger partial charge in [-0.15, -0.1) is 0 Å². The number of aliphatic hydroxyl groups excluding tert-OH is 1. The van der Waals surface area contributed by atoms with Gasteiger partial charge in [-0.2, -0.15) is 0 Å². The number of benzene rings is 1. The van der Waals surface area contributed by atoms with Crippen LogP contribution < -0.4 is 0 Å². The van der Waals surface area contributed by atoms with Crippen LogP contribution in [0.3, 0.4) is 0 Å². The van der Waals surface area contributed by atoms with Crippen LogP contribution in [-0.4, -0.2) is 23.7 Å². The van der Waals surface area contributed by atoms with Crippen LogP contribution in [-0.2, 0) is 4.74 Å².